The van der Waals surface area contributed by atoms with Crippen LogP contribution >= 0.6 is 0 Å². The lowest BCUT2D eigenvalue weighted by atomic mass is 9.72. The zero-order valence-electron chi connectivity index (χ0n) is 12.8. The number of rotatable bonds is 5. The third-order valence-electron chi connectivity index (χ3n) is 5.12. The Hall–Kier alpha value is -0.0800. The standard InChI is InChI=1S/C16H32N2/c1-5-8-18(14-10-17-11-14)16-9-13(4)6-7-15(16)12(2)3/h12-17H,5-11H2,1-4H3. The predicted octanol–water partition coefficient (Wildman–Crippen LogP) is 3.13. The Morgan fingerprint density at radius 1 is 1.22 bits per heavy atom. The van der Waals surface area contributed by atoms with Gasteiger partial charge in [-0.3, -0.25) is 4.90 Å². The van der Waals surface area contributed by atoms with E-state index < -0.39 is 0 Å². The van der Waals surface area contributed by atoms with Crippen molar-refractivity contribution in [3.63, 3.8) is 0 Å². The minimum absolute atomic E-state index is 0.821. The fraction of sp³-hybridized carbons (Fsp3) is 1.00. The molecule has 0 aromatic carbocycles. The van der Waals surface area contributed by atoms with Gasteiger partial charge < -0.3 is 5.32 Å². The second kappa shape index (κ2) is 6.38. The average molecular weight is 252 g/mol. The van der Waals surface area contributed by atoms with Crippen LogP contribution in [0.1, 0.15) is 53.4 Å². The van der Waals surface area contributed by atoms with Gasteiger partial charge in [0.15, 0.2) is 0 Å². The summed E-state index contributed by atoms with van der Waals surface area (Å²) in [6.45, 7) is 13.4. The Labute approximate surface area is 114 Å². The fourth-order valence-electron chi connectivity index (χ4n) is 3.92. The molecular formula is C16H32N2. The molecule has 1 aliphatic heterocycles. The molecule has 0 amide bonds. The Balaban J connectivity index is 2.07. The molecule has 2 fully saturated rings. The monoisotopic (exact) mass is 252 g/mol. The van der Waals surface area contributed by atoms with E-state index in [1.807, 2.05) is 0 Å². The molecule has 2 heteroatoms. The van der Waals surface area contributed by atoms with Crippen LogP contribution in [0, 0.1) is 17.8 Å². The van der Waals surface area contributed by atoms with E-state index in [9.17, 15) is 0 Å². The van der Waals surface area contributed by atoms with Crippen LogP contribution in [-0.2, 0) is 0 Å². The SMILES string of the molecule is CCCN(C1CNC1)C1CC(C)CCC1C(C)C. The van der Waals surface area contributed by atoms with Crippen LogP contribution < -0.4 is 5.32 Å². The molecule has 2 rings (SSSR count). The van der Waals surface area contributed by atoms with Gasteiger partial charge in [0.2, 0.25) is 0 Å². The summed E-state index contributed by atoms with van der Waals surface area (Å²) >= 11 is 0. The molecule has 1 saturated carbocycles. The summed E-state index contributed by atoms with van der Waals surface area (Å²) in [7, 11) is 0. The van der Waals surface area contributed by atoms with Gasteiger partial charge in [0.05, 0.1) is 0 Å². The van der Waals surface area contributed by atoms with Crippen molar-refractivity contribution >= 4 is 0 Å². The Kier molecular flexibility index (Phi) is 5.08. The summed E-state index contributed by atoms with van der Waals surface area (Å²) in [5, 5.41) is 3.45. The molecule has 0 spiro atoms. The molecule has 0 aromatic heterocycles. The molecule has 0 radical (unpaired) electrons. The van der Waals surface area contributed by atoms with Crippen molar-refractivity contribution < 1.29 is 0 Å². The first-order valence-electron chi connectivity index (χ1n) is 8.10. The van der Waals surface area contributed by atoms with Gasteiger partial charge in [0, 0.05) is 25.2 Å². The minimum atomic E-state index is 0.821. The molecule has 3 unspecified atom stereocenters. The van der Waals surface area contributed by atoms with Crippen molar-refractivity contribution in [3.8, 4) is 0 Å². The molecule has 1 N–H and O–H groups in total. The molecule has 1 heterocycles. The molecule has 106 valence electrons. The van der Waals surface area contributed by atoms with Gasteiger partial charge >= 0.3 is 0 Å². The molecule has 1 saturated heterocycles. The van der Waals surface area contributed by atoms with Crippen molar-refractivity contribution in [2.45, 2.75) is 65.5 Å². The summed E-state index contributed by atoms with van der Waals surface area (Å²) in [5.74, 6) is 2.70. The number of nitrogens with zero attached hydrogens (tertiary/aromatic N) is 1. The largest absolute Gasteiger partial charge is 0.314 e. The summed E-state index contributed by atoms with van der Waals surface area (Å²) < 4.78 is 0. The Morgan fingerprint density at radius 2 is 1.94 bits per heavy atom. The van der Waals surface area contributed by atoms with Crippen LogP contribution in [0.15, 0.2) is 0 Å². The second-order valence-electron chi connectivity index (χ2n) is 6.94. The van der Waals surface area contributed by atoms with Crippen molar-refractivity contribution in [1.82, 2.24) is 10.2 Å². The number of hydrogen-bond donors (Lipinski definition) is 1. The summed E-state index contributed by atoms with van der Waals surface area (Å²) in [5.41, 5.74) is 0. The third-order valence-corrected chi connectivity index (χ3v) is 5.12. The predicted molar refractivity (Wildman–Crippen MR) is 78.8 cm³/mol. The average Bonchev–Trinajstić information content (AvgIpc) is 2.25. The molecule has 3 atom stereocenters. The quantitative estimate of drug-likeness (QED) is 0.809. The summed E-state index contributed by atoms with van der Waals surface area (Å²) in [4.78, 5) is 2.86. The summed E-state index contributed by atoms with van der Waals surface area (Å²) in [6, 6.07) is 1.67. The van der Waals surface area contributed by atoms with Gasteiger partial charge in [0.25, 0.3) is 0 Å². The van der Waals surface area contributed by atoms with Crippen molar-refractivity contribution in [2.75, 3.05) is 19.6 Å². The first-order chi connectivity index (χ1) is 8.63. The van der Waals surface area contributed by atoms with Crippen LogP contribution in [0.5, 0.6) is 0 Å². The number of hydrogen-bond acceptors (Lipinski definition) is 2. The smallest absolute Gasteiger partial charge is 0.0348 e. The van der Waals surface area contributed by atoms with Crippen molar-refractivity contribution in [2.24, 2.45) is 17.8 Å². The highest BCUT2D eigenvalue weighted by Gasteiger charge is 2.38. The maximum Gasteiger partial charge on any atom is 0.0348 e. The highest BCUT2D eigenvalue weighted by molar-refractivity contribution is 4.94. The summed E-state index contributed by atoms with van der Waals surface area (Å²) in [6.07, 6.45) is 5.62. The van der Waals surface area contributed by atoms with Crippen LogP contribution in [-0.4, -0.2) is 36.6 Å². The van der Waals surface area contributed by atoms with Crippen LogP contribution in [0.4, 0.5) is 0 Å². The van der Waals surface area contributed by atoms with Gasteiger partial charge in [-0.2, -0.15) is 0 Å². The molecule has 0 bridgehead atoms. The zero-order chi connectivity index (χ0) is 13.1. The van der Waals surface area contributed by atoms with E-state index in [0.29, 0.717) is 0 Å². The molecule has 1 aliphatic carbocycles. The lowest BCUT2D eigenvalue weighted by Gasteiger charge is -2.49. The molecule has 2 nitrogen and oxygen atoms in total. The maximum atomic E-state index is 3.45. The third kappa shape index (κ3) is 3.08. The topological polar surface area (TPSA) is 15.3 Å². The van der Waals surface area contributed by atoms with Crippen molar-refractivity contribution in [1.29, 1.82) is 0 Å². The minimum Gasteiger partial charge on any atom is -0.314 e. The van der Waals surface area contributed by atoms with Crippen LogP contribution in [0.3, 0.4) is 0 Å². The highest BCUT2D eigenvalue weighted by Crippen LogP contribution is 2.37. The van der Waals surface area contributed by atoms with E-state index in [-0.39, 0.29) is 0 Å². The van der Waals surface area contributed by atoms with E-state index >= 15 is 0 Å². The first kappa shape index (κ1) is 14.3. The van der Waals surface area contributed by atoms with Gasteiger partial charge in [-0.05, 0) is 43.6 Å². The van der Waals surface area contributed by atoms with Gasteiger partial charge in [0.1, 0.15) is 0 Å². The van der Waals surface area contributed by atoms with Crippen LogP contribution in [0.2, 0.25) is 0 Å². The highest BCUT2D eigenvalue weighted by atomic mass is 15.3. The molecular weight excluding hydrogens is 220 g/mol. The van der Waals surface area contributed by atoms with E-state index in [4.69, 9.17) is 0 Å². The molecule has 0 aromatic rings. The van der Waals surface area contributed by atoms with Gasteiger partial charge in [-0.1, -0.05) is 34.1 Å². The van der Waals surface area contributed by atoms with E-state index in [0.717, 1.165) is 29.8 Å². The maximum absolute atomic E-state index is 3.45. The normalized spacial score (nSPS) is 34.0. The second-order valence-corrected chi connectivity index (χ2v) is 6.94. The first-order valence-corrected chi connectivity index (χ1v) is 8.10. The number of nitrogens with one attached hydrogen (secondary N) is 1. The van der Waals surface area contributed by atoms with Crippen LogP contribution in [0.25, 0.3) is 0 Å². The zero-order valence-corrected chi connectivity index (χ0v) is 12.8. The van der Waals surface area contributed by atoms with E-state index in [2.05, 4.69) is 37.9 Å². The van der Waals surface area contributed by atoms with E-state index in [1.165, 1.54) is 45.3 Å². The Bertz CT molecular complexity index is 247. The lowest BCUT2D eigenvalue weighted by Crippen LogP contribution is -2.62. The lowest BCUT2D eigenvalue weighted by molar-refractivity contribution is 0.0118. The van der Waals surface area contributed by atoms with E-state index in [1.54, 1.807) is 0 Å². The van der Waals surface area contributed by atoms with Gasteiger partial charge in [-0.15, -0.1) is 0 Å². The molecule has 18 heavy (non-hydrogen) atoms. The van der Waals surface area contributed by atoms with Crippen molar-refractivity contribution in [3.05, 3.63) is 0 Å². The fourth-order valence-corrected chi connectivity index (χ4v) is 3.92. The Morgan fingerprint density at radius 3 is 2.44 bits per heavy atom. The van der Waals surface area contributed by atoms with Gasteiger partial charge in [-0.25, -0.2) is 0 Å². The molecule has 2 aliphatic rings.